The Morgan fingerprint density at radius 2 is 1.89 bits per heavy atom. The second-order valence-corrected chi connectivity index (χ2v) is 10.1. The molecule has 0 bridgehead atoms. The van der Waals surface area contributed by atoms with E-state index < -0.39 is 5.60 Å². The molecular formula is C22H35N5O. The summed E-state index contributed by atoms with van der Waals surface area (Å²) >= 11 is 0. The first kappa shape index (κ1) is 20.8. The molecule has 0 atom stereocenters. The van der Waals surface area contributed by atoms with Crippen LogP contribution in [0.3, 0.4) is 0 Å². The number of hydrogen-bond donors (Lipinski definition) is 3. The molecule has 28 heavy (non-hydrogen) atoms. The lowest BCUT2D eigenvalue weighted by atomic mass is 9.80. The molecule has 3 rings (SSSR count). The molecule has 1 saturated heterocycles. The van der Waals surface area contributed by atoms with Crippen LogP contribution in [0.2, 0.25) is 0 Å². The van der Waals surface area contributed by atoms with Crippen LogP contribution in [0.25, 0.3) is 11.3 Å². The summed E-state index contributed by atoms with van der Waals surface area (Å²) in [6.07, 6.45) is 8.69. The topological polar surface area (TPSA) is 75.0 Å². The molecule has 2 aromatic heterocycles. The number of nitrogens with one attached hydrogen (secondary N) is 2. The zero-order chi connectivity index (χ0) is 20.6. The number of aryl methyl sites for hydroxylation is 1. The van der Waals surface area contributed by atoms with Gasteiger partial charge in [0, 0.05) is 47.8 Å². The van der Waals surface area contributed by atoms with E-state index in [-0.39, 0.29) is 11.1 Å². The molecule has 0 unspecified atom stereocenters. The number of hydrogen-bond acceptors (Lipinski definition) is 5. The van der Waals surface area contributed by atoms with E-state index in [0.29, 0.717) is 18.4 Å². The van der Waals surface area contributed by atoms with Crippen LogP contribution >= 0.6 is 0 Å². The Hall–Kier alpha value is -1.92. The highest BCUT2D eigenvalue weighted by Gasteiger charge is 2.37. The van der Waals surface area contributed by atoms with E-state index >= 15 is 0 Å². The quantitative estimate of drug-likeness (QED) is 0.705. The predicted octanol–water partition coefficient (Wildman–Crippen LogP) is 3.83. The third kappa shape index (κ3) is 5.79. The van der Waals surface area contributed by atoms with E-state index in [0.717, 1.165) is 30.6 Å². The van der Waals surface area contributed by atoms with Gasteiger partial charge in [-0.05, 0) is 72.9 Å². The summed E-state index contributed by atoms with van der Waals surface area (Å²) in [6, 6.07) is 4.34. The summed E-state index contributed by atoms with van der Waals surface area (Å²) in [4.78, 5) is 9.20. The highest BCUT2D eigenvalue weighted by atomic mass is 16.3. The maximum atomic E-state index is 9.92. The van der Waals surface area contributed by atoms with Crippen molar-refractivity contribution in [2.45, 2.75) is 90.1 Å². The van der Waals surface area contributed by atoms with Crippen molar-refractivity contribution in [1.82, 2.24) is 19.9 Å². The van der Waals surface area contributed by atoms with E-state index in [4.69, 9.17) is 4.98 Å². The first-order valence-electron chi connectivity index (χ1n) is 10.2. The van der Waals surface area contributed by atoms with Crippen molar-refractivity contribution in [3.8, 4) is 11.3 Å². The van der Waals surface area contributed by atoms with Gasteiger partial charge in [-0.3, -0.25) is 0 Å². The normalized spacial score (nSPS) is 19.5. The number of aromatic nitrogens is 3. The van der Waals surface area contributed by atoms with Crippen LogP contribution in [-0.2, 0) is 6.54 Å². The molecule has 3 heterocycles. The number of anilines is 1. The Balaban J connectivity index is 1.70. The molecule has 0 spiro atoms. The van der Waals surface area contributed by atoms with Crippen LogP contribution in [0.1, 0.15) is 60.8 Å². The van der Waals surface area contributed by atoms with Gasteiger partial charge >= 0.3 is 0 Å². The molecule has 1 aliphatic rings. The average Bonchev–Trinajstić information content (AvgIpc) is 2.98. The Bertz CT molecular complexity index is 787. The van der Waals surface area contributed by atoms with Crippen LogP contribution in [0.5, 0.6) is 0 Å². The van der Waals surface area contributed by atoms with Crippen molar-refractivity contribution in [2.75, 3.05) is 5.32 Å². The average molecular weight is 386 g/mol. The van der Waals surface area contributed by atoms with Crippen LogP contribution in [0.4, 0.5) is 5.95 Å². The molecule has 0 aromatic carbocycles. The molecule has 3 N–H and O–H groups in total. The molecule has 1 aliphatic heterocycles. The SMILES string of the molecule is CC(C)(O)CCn1ccc(-c2ccnc(NC3CC(C)(C)NC(C)(C)C3)n2)c1. The zero-order valence-electron chi connectivity index (χ0n) is 18.1. The Kier molecular flexibility index (Phi) is 5.56. The minimum absolute atomic E-state index is 0.0781. The van der Waals surface area contributed by atoms with Gasteiger partial charge < -0.3 is 20.3 Å². The summed E-state index contributed by atoms with van der Waals surface area (Å²) in [7, 11) is 0. The number of rotatable bonds is 6. The number of nitrogens with zero attached hydrogens (tertiary/aromatic N) is 3. The Morgan fingerprint density at radius 1 is 1.21 bits per heavy atom. The molecule has 2 aromatic rings. The second kappa shape index (κ2) is 7.48. The van der Waals surface area contributed by atoms with E-state index in [1.165, 1.54) is 0 Å². The molecule has 1 fully saturated rings. The summed E-state index contributed by atoms with van der Waals surface area (Å²) in [5, 5.41) is 17.2. The molecule has 6 nitrogen and oxygen atoms in total. The lowest BCUT2D eigenvalue weighted by Gasteiger charge is -2.46. The highest BCUT2D eigenvalue weighted by molar-refractivity contribution is 5.59. The fourth-order valence-corrected chi connectivity index (χ4v) is 4.33. The third-order valence-corrected chi connectivity index (χ3v) is 5.21. The Morgan fingerprint density at radius 3 is 2.54 bits per heavy atom. The van der Waals surface area contributed by atoms with Gasteiger partial charge in [0.2, 0.25) is 5.95 Å². The fourth-order valence-electron chi connectivity index (χ4n) is 4.33. The van der Waals surface area contributed by atoms with Gasteiger partial charge in [-0.1, -0.05) is 0 Å². The van der Waals surface area contributed by atoms with E-state index in [1.54, 1.807) is 0 Å². The van der Waals surface area contributed by atoms with E-state index in [2.05, 4.69) is 60.1 Å². The number of aliphatic hydroxyl groups is 1. The second-order valence-electron chi connectivity index (χ2n) is 10.1. The smallest absolute Gasteiger partial charge is 0.223 e. The molecule has 0 radical (unpaired) electrons. The predicted molar refractivity (Wildman–Crippen MR) is 114 cm³/mol. The molecule has 0 saturated carbocycles. The zero-order valence-corrected chi connectivity index (χ0v) is 18.1. The minimum Gasteiger partial charge on any atom is -0.390 e. The lowest BCUT2D eigenvalue weighted by Crippen LogP contribution is -2.60. The van der Waals surface area contributed by atoms with Gasteiger partial charge in [0.05, 0.1) is 11.3 Å². The molecular weight excluding hydrogens is 350 g/mol. The molecule has 0 amide bonds. The maximum Gasteiger partial charge on any atom is 0.223 e. The maximum absolute atomic E-state index is 9.92. The lowest BCUT2D eigenvalue weighted by molar-refractivity contribution is 0.0662. The van der Waals surface area contributed by atoms with Gasteiger partial charge in [0.15, 0.2) is 0 Å². The van der Waals surface area contributed by atoms with Gasteiger partial charge in [0.25, 0.3) is 0 Å². The summed E-state index contributed by atoms with van der Waals surface area (Å²) in [5.41, 5.74) is 1.47. The largest absolute Gasteiger partial charge is 0.390 e. The van der Waals surface area contributed by atoms with Gasteiger partial charge in [-0.15, -0.1) is 0 Å². The van der Waals surface area contributed by atoms with Crippen molar-refractivity contribution in [3.05, 3.63) is 30.7 Å². The van der Waals surface area contributed by atoms with Gasteiger partial charge in [-0.25, -0.2) is 9.97 Å². The Labute approximate surface area is 168 Å². The summed E-state index contributed by atoms with van der Waals surface area (Å²) < 4.78 is 2.10. The molecule has 6 heteroatoms. The summed E-state index contributed by atoms with van der Waals surface area (Å²) in [5.74, 6) is 0.681. The van der Waals surface area contributed by atoms with Crippen molar-refractivity contribution in [3.63, 3.8) is 0 Å². The standard InChI is InChI=1S/C22H35N5O/c1-20(2)13-17(14-21(3,4)26-20)24-19-23-10-7-18(25-19)16-8-11-27(15-16)12-9-22(5,6)28/h7-8,10-11,15,17,26,28H,9,12-14H2,1-6H3,(H,23,24,25). The van der Waals surface area contributed by atoms with Crippen molar-refractivity contribution >= 4 is 5.95 Å². The molecule has 154 valence electrons. The van der Waals surface area contributed by atoms with Crippen molar-refractivity contribution in [2.24, 2.45) is 0 Å². The van der Waals surface area contributed by atoms with Gasteiger partial charge in [0.1, 0.15) is 0 Å². The van der Waals surface area contributed by atoms with Gasteiger partial charge in [-0.2, -0.15) is 0 Å². The highest BCUT2D eigenvalue weighted by Crippen LogP contribution is 2.30. The molecule has 0 aliphatic carbocycles. The third-order valence-electron chi connectivity index (χ3n) is 5.21. The van der Waals surface area contributed by atoms with Crippen LogP contribution < -0.4 is 10.6 Å². The minimum atomic E-state index is -0.660. The number of piperidine rings is 1. The fraction of sp³-hybridized carbons (Fsp3) is 0.636. The summed E-state index contributed by atoms with van der Waals surface area (Å²) in [6.45, 7) is 13.4. The first-order valence-corrected chi connectivity index (χ1v) is 10.2. The van der Waals surface area contributed by atoms with Crippen LogP contribution in [0, 0.1) is 0 Å². The first-order chi connectivity index (χ1) is 12.9. The van der Waals surface area contributed by atoms with Crippen LogP contribution in [0.15, 0.2) is 30.7 Å². The van der Waals surface area contributed by atoms with Crippen LogP contribution in [-0.4, -0.2) is 42.4 Å². The monoisotopic (exact) mass is 385 g/mol. The van der Waals surface area contributed by atoms with Crippen molar-refractivity contribution < 1.29 is 5.11 Å². The van der Waals surface area contributed by atoms with Crippen molar-refractivity contribution in [1.29, 1.82) is 0 Å². The van der Waals surface area contributed by atoms with E-state index in [1.807, 2.05) is 32.3 Å². The van der Waals surface area contributed by atoms with E-state index in [9.17, 15) is 5.11 Å².